The summed E-state index contributed by atoms with van der Waals surface area (Å²) in [6.07, 6.45) is 3.76. The second-order valence-corrected chi connectivity index (χ2v) is 7.33. The summed E-state index contributed by atoms with van der Waals surface area (Å²) in [5.74, 6) is -0.220. The molecule has 0 bridgehead atoms. The molecule has 2 aromatic heterocycles. The first kappa shape index (κ1) is 19.2. The lowest BCUT2D eigenvalue weighted by Gasteiger charge is -2.15. The number of hydrazone groups is 1. The Morgan fingerprint density at radius 1 is 1.31 bits per heavy atom. The largest absolute Gasteiger partial charge is 0.378 e. The number of hydrogen-bond acceptors (Lipinski definition) is 9. The smallest absolute Gasteiger partial charge is 0.293 e. The number of nitrogen functional groups attached to an aromatic ring is 1. The number of rotatable bonds is 6. The van der Waals surface area contributed by atoms with Crippen LogP contribution in [0.4, 0.5) is 5.82 Å². The number of likely N-dealkylation sites (tertiary alicyclic amines) is 1. The van der Waals surface area contributed by atoms with E-state index in [1.807, 2.05) is 24.3 Å². The molecule has 0 radical (unpaired) electrons. The maximum absolute atomic E-state index is 12.7. The number of benzene rings is 1. The number of anilines is 1. The first-order valence-electron chi connectivity index (χ1n) is 8.97. The van der Waals surface area contributed by atoms with Crippen molar-refractivity contribution in [3.63, 3.8) is 0 Å². The minimum absolute atomic E-state index is 0.0662. The number of aromatic nitrogens is 5. The van der Waals surface area contributed by atoms with Gasteiger partial charge in [-0.3, -0.25) is 9.69 Å². The third-order valence-electron chi connectivity index (χ3n) is 4.52. The minimum Gasteiger partial charge on any atom is -0.378 e. The van der Waals surface area contributed by atoms with Crippen molar-refractivity contribution in [2.24, 2.45) is 5.10 Å². The first-order chi connectivity index (χ1) is 14.1. The maximum atomic E-state index is 12.7. The predicted molar refractivity (Wildman–Crippen MR) is 107 cm³/mol. The highest BCUT2D eigenvalue weighted by Crippen LogP contribution is 2.20. The van der Waals surface area contributed by atoms with E-state index < -0.39 is 5.91 Å². The molecule has 1 aromatic carbocycles. The fraction of sp³-hybridized carbons (Fsp3) is 0.294. The molecule has 12 heteroatoms. The van der Waals surface area contributed by atoms with Gasteiger partial charge >= 0.3 is 0 Å². The molecular formula is C17H18BrN9O2. The van der Waals surface area contributed by atoms with Crippen LogP contribution in [0.2, 0.25) is 0 Å². The molecule has 11 nitrogen and oxygen atoms in total. The number of hydrogen-bond donors (Lipinski definition) is 2. The molecule has 4 rings (SSSR count). The van der Waals surface area contributed by atoms with Crippen LogP contribution in [0.3, 0.4) is 0 Å². The highest BCUT2D eigenvalue weighted by atomic mass is 79.9. The molecule has 0 unspecified atom stereocenters. The molecule has 0 saturated carbocycles. The standard InChI is InChI=1S/C17H18BrN9O2/c18-12-6-2-1-5-11(12)9-20-22-17(28)14-13(10-26-7-3-4-8-26)27(25-21-14)16-15(19)23-29-24-16/h1-2,5-6,9H,3-4,7-8,10H2,(H2,19,23)(H,22,28). The van der Waals surface area contributed by atoms with Gasteiger partial charge in [-0.25, -0.2) is 10.1 Å². The number of nitrogens with two attached hydrogens (primary N) is 1. The zero-order valence-corrected chi connectivity index (χ0v) is 16.9. The topological polar surface area (TPSA) is 140 Å². The van der Waals surface area contributed by atoms with Gasteiger partial charge in [0.15, 0.2) is 5.69 Å². The summed E-state index contributed by atoms with van der Waals surface area (Å²) in [7, 11) is 0. The Morgan fingerprint density at radius 3 is 2.83 bits per heavy atom. The number of halogens is 1. The van der Waals surface area contributed by atoms with Crippen molar-refractivity contribution < 1.29 is 9.42 Å². The molecule has 3 aromatic rings. The van der Waals surface area contributed by atoms with Gasteiger partial charge in [-0.2, -0.15) is 9.78 Å². The summed E-state index contributed by atoms with van der Waals surface area (Å²) in [5.41, 5.74) is 9.81. The molecule has 0 spiro atoms. The highest BCUT2D eigenvalue weighted by molar-refractivity contribution is 9.10. The molecule has 1 aliphatic heterocycles. The molecule has 1 saturated heterocycles. The first-order valence-corrected chi connectivity index (χ1v) is 9.76. The van der Waals surface area contributed by atoms with Crippen molar-refractivity contribution in [1.29, 1.82) is 0 Å². The van der Waals surface area contributed by atoms with E-state index in [-0.39, 0.29) is 17.3 Å². The maximum Gasteiger partial charge on any atom is 0.293 e. The SMILES string of the molecule is Nc1nonc1-n1nnc(C(=O)NN=Cc2ccccc2Br)c1CN1CCCC1. The molecule has 1 aliphatic rings. The van der Waals surface area contributed by atoms with Crippen LogP contribution in [0.25, 0.3) is 5.82 Å². The van der Waals surface area contributed by atoms with Crippen LogP contribution >= 0.6 is 15.9 Å². The molecular weight excluding hydrogens is 442 g/mol. The Balaban J connectivity index is 1.58. The van der Waals surface area contributed by atoms with Crippen molar-refractivity contribution >= 4 is 33.9 Å². The van der Waals surface area contributed by atoms with Crippen LogP contribution in [0, 0.1) is 0 Å². The van der Waals surface area contributed by atoms with Crippen LogP contribution in [0.15, 0.2) is 38.5 Å². The van der Waals surface area contributed by atoms with Gasteiger partial charge in [0.05, 0.1) is 11.9 Å². The third-order valence-corrected chi connectivity index (χ3v) is 5.24. The number of nitrogens with one attached hydrogen (secondary N) is 1. The molecule has 3 heterocycles. The van der Waals surface area contributed by atoms with Gasteiger partial charge in [0, 0.05) is 16.6 Å². The molecule has 0 aliphatic carbocycles. The Hall–Kier alpha value is -3.12. The van der Waals surface area contributed by atoms with Gasteiger partial charge in [0.1, 0.15) is 0 Å². The Labute approximate surface area is 174 Å². The zero-order valence-electron chi connectivity index (χ0n) is 15.3. The van der Waals surface area contributed by atoms with Gasteiger partial charge in [0.2, 0.25) is 11.6 Å². The quantitative estimate of drug-likeness (QED) is 0.415. The van der Waals surface area contributed by atoms with Gasteiger partial charge < -0.3 is 5.73 Å². The fourth-order valence-electron chi connectivity index (χ4n) is 3.07. The van der Waals surface area contributed by atoms with Crippen LogP contribution in [-0.4, -0.2) is 55.4 Å². The van der Waals surface area contributed by atoms with E-state index in [9.17, 15) is 4.79 Å². The van der Waals surface area contributed by atoms with Gasteiger partial charge in [0.25, 0.3) is 5.91 Å². The number of carbonyl (C=O) groups excluding carboxylic acids is 1. The van der Waals surface area contributed by atoms with Crippen LogP contribution in [0.5, 0.6) is 0 Å². The molecule has 29 heavy (non-hydrogen) atoms. The molecule has 1 amide bonds. The zero-order chi connectivity index (χ0) is 20.2. The van der Waals surface area contributed by atoms with Crippen LogP contribution in [-0.2, 0) is 6.54 Å². The summed E-state index contributed by atoms with van der Waals surface area (Å²) in [6.45, 7) is 2.33. The number of amides is 1. The summed E-state index contributed by atoms with van der Waals surface area (Å²) in [4.78, 5) is 14.9. The molecule has 150 valence electrons. The molecule has 0 atom stereocenters. The van der Waals surface area contributed by atoms with Crippen molar-refractivity contribution in [2.75, 3.05) is 18.8 Å². The van der Waals surface area contributed by atoms with Crippen LogP contribution in [0.1, 0.15) is 34.6 Å². The minimum atomic E-state index is -0.483. The second-order valence-electron chi connectivity index (χ2n) is 6.47. The van der Waals surface area contributed by atoms with Crippen molar-refractivity contribution in [3.8, 4) is 5.82 Å². The predicted octanol–water partition coefficient (Wildman–Crippen LogP) is 1.35. The van der Waals surface area contributed by atoms with E-state index in [1.54, 1.807) is 6.21 Å². The van der Waals surface area contributed by atoms with E-state index in [0.29, 0.717) is 12.2 Å². The van der Waals surface area contributed by atoms with E-state index in [2.05, 4.69) is 56.6 Å². The number of nitrogens with zero attached hydrogens (tertiary/aromatic N) is 7. The lowest BCUT2D eigenvalue weighted by Crippen LogP contribution is -2.25. The van der Waals surface area contributed by atoms with E-state index in [0.717, 1.165) is 36.0 Å². The Bertz CT molecular complexity index is 1040. The normalized spacial score (nSPS) is 14.7. The van der Waals surface area contributed by atoms with E-state index in [1.165, 1.54) is 4.68 Å². The second kappa shape index (κ2) is 8.49. The molecule has 3 N–H and O–H groups in total. The molecule has 1 fully saturated rings. The van der Waals surface area contributed by atoms with Crippen molar-refractivity contribution in [1.82, 2.24) is 35.6 Å². The average molecular weight is 460 g/mol. The summed E-state index contributed by atoms with van der Waals surface area (Å²) >= 11 is 3.43. The fourth-order valence-corrected chi connectivity index (χ4v) is 3.46. The monoisotopic (exact) mass is 459 g/mol. The van der Waals surface area contributed by atoms with Crippen molar-refractivity contribution in [3.05, 3.63) is 45.7 Å². The van der Waals surface area contributed by atoms with E-state index >= 15 is 0 Å². The lowest BCUT2D eigenvalue weighted by atomic mass is 10.2. The average Bonchev–Trinajstić information content (AvgIpc) is 3.45. The highest BCUT2D eigenvalue weighted by Gasteiger charge is 2.26. The third kappa shape index (κ3) is 4.17. The van der Waals surface area contributed by atoms with Crippen molar-refractivity contribution in [2.45, 2.75) is 19.4 Å². The Morgan fingerprint density at radius 2 is 2.10 bits per heavy atom. The lowest BCUT2D eigenvalue weighted by molar-refractivity contribution is 0.0948. The number of carbonyl (C=O) groups is 1. The van der Waals surface area contributed by atoms with Crippen LogP contribution < -0.4 is 11.2 Å². The van der Waals surface area contributed by atoms with Gasteiger partial charge in [-0.1, -0.05) is 39.3 Å². The van der Waals surface area contributed by atoms with Gasteiger partial charge in [-0.05, 0) is 42.3 Å². The summed E-state index contributed by atoms with van der Waals surface area (Å²) in [5, 5.41) is 19.4. The van der Waals surface area contributed by atoms with Gasteiger partial charge in [-0.15, -0.1) is 5.10 Å². The summed E-state index contributed by atoms with van der Waals surface area (Å²) in [6, 6.07) is 7.53. The Kier molecular flexibility index (Phi) is 5.62. The van der Waals surface area contributed by atoms with E-state index in [4.69, 9.17) is 5.73 Å². The summed E-state index contributed by atoms with van der Waals surface area (Å²) < 4.78 is 6.92.